The third-order valence-electron chi connectivity index (χ3n) is 5.64. The number of amides is 3. The lowest BCUT2D eigenvalue weighted by Crippen LogP contribution is -2.47. The Morgan fingerprint density at radius 1 is 0.943 bits per heavy atom. The Balaban J connectivity index is 1.83. The van der Waals surface area contributed by atoms with E-state index in [0.717, 1.165) is 16.0 Å². The Kier molecular flexibility index (Phi) is 8.37. The van der Waals surface area contributed by atoms with E-state index in [-0.39, 0.29) is 43.6 Å². The minimum atomic E-state index is -1.32. The molecule has 0 fully saturated rings. The van der Waals surface area contributed by atoms with Gasteiger partial charge in [-0.1, -0.05) is 72.4 Å². The molecule has 2 aromatic carbocycles. The lowest BCUT2D eigenvalue weighted by atomic mass is 10.0. The van der Waals surface area contributed by atoms with Gasteiger partial charge in [0.25, 0.3) is 17.7 Å². The Hall–Kier alpha value is -2.32. The molecule has 3 rings (SSSR count). The molecule has 0 unspecified atom stereocenters. The van der Waals surface area contributed by atoms with Gasteiger partial charge in [-0.15, -0.1) is 0 Å². The van der Waals surface area contributed by atoms with Crippen molar-refractivity contribution in [1.82, 2.24) is 4.90 Å². The van der Waals surface area contributed by atoms with Gasteiger partial charge in [0.2, 0.25) is 0 Å². The van der Waals surface area contributed by atoms with Crippen LogP contribution in [-0.2, 0) is 14.3 Å². The number of halogens is 4. The lowest BCUT2D eigenvalue weighted by Gasteiger charge is -2.26. The van der Waals surface area contributed by atoms with Gasteiger partial charge in [0.15, 0.2) is 6.61 Å². The van der Waals surface area contributed by atoms with Crippen LogP contribution in [0.1, 0.15) is 52.1 Å². The summed E-state index contributed by atoms with van der Waals surface area (Å²) in [5.74, 6) is -3.30. The summed E-state index contributed by atoms with van der Waals surface area (Å²) in [6.45, 7) is 6.76. The number of nitrogens with zero attached hydrogens (tertiary/aromatic N) is 1. The standard InChI is InChI=1S/C24H22Cl4N2O5/c1-10(2)8-14(24(34)35-9-15(31)29-13-7-5-6-11(3)12(13)4)30-22(32)16-17(23(30)33)19(26)21(28)20(27)18(16)25/h5-7,10,14H,8-9H2,1-4H3,(H,29,31)/t14-/m1/s1. The molecule has 0 spiro atoms. The quantitative estimate of drug-likeness (QED) is 0.191. The van der Waals surface area contributed by atoms with Crippen LogP contribution >= 0.6 is 46.4 Å². The monoisotopic (exact) mass is 558 g/mol. The van der Waals surface area contributed by atoms with Crippen molar-refractivity contribution in [2.75, 3.05) is 11.9 Å². The third-order valence-corrected chi connectivity index (χ3v) is 7.44. The number of ether oxygens (including phenoxy) is 1. The molecular formula is C24H22Cl4N2O5. The molecule has 1 aliphatic heterocycles. The second-order valence-corrected chi connectivity index (χ2v) is 10.0. The molecule has 2 aromatic rings. The van der Waals surface area contributed by atoms with E-state index in [9.17, 15) is 19.2 Å². The van der Waals surface area contributed by atoms with Gasteiger partial charge in [0.1, 0.15) is 6.04 Å². The molecule has 11 heteroatoms. The highest BCUT2D eigenvalue weighted by molar-refractivity contribution is 6.55. The summed E-state index contributed by atoms with van der Waals surface area (Å²) in [6, 6.07) is 4.11. The zero-order chi connectivity index (χ0) is 26.2. The maximum Gasteiger partial charge on any atom is 0.329 e. The number of carbonyl (C=O) groups excluding carboxylic acids is 4. The average molecular weight is 560 g/mol. The van der Waals surface area contributed by atoms with Gasteiger partial charge in [0, 0.05) is 5.69 Å². The second-order valence-electron chi connectivity index (χ2n) is 8.53. The van der Waals surface area contributed by atoms with E-state index in [1.165, 1.54) is 0 Å². The zero-order valence-electron chi connectivity index (χ0n) is 19.3. The van der Waals surface area contributed by atoms with E-state index < -0.39 is 36.3 Å². The summed E-state index contributed by atoms with van der Waals surface area (Å²) in [7, 11) is 0. The van der Waals surface area contributed by atoms with Crippen molar-refractivity contribution in [3.05, 3.63) is 60.5 Å². The second kappa shape index (κ2) is 10.7. The Bertz CT molecular complexity index is 1200. The maximum atomic E-state index is 13.2. The molecule has 35 heavy (non-hydrogen) atoms. The largest absolute Gasteiger partial charge is 0.454 e. The van der Waals surface area contributed by atoms with Crippen LogP contribution in [0.25, 0.3) is 0 Å². The molecular weight excluding hydrogens is 538 g/mol. The molecule has 1 atom stereocenters. The molecule has 3 amide bonds. The molecule has 1 aliphatic rings. The Morgan fingerprint density at radius 3 is 2.00 bits per heavy atom. The molecule has 186 valence electrons. The first-order valence-corrected chi connectivity index (χ1v) is 12.1. The molecule has 1 heterocycles. The highest BCUT2D eigenvalue weighted by Crippen LogP contribution is 2.45. The molecule has 0 saturated heterocycles. The number of benzene rings is 2. The van der Waals surface area contributed by atoms with Crippen LogP contribution in [0.2, 0.25) is 20.1 Å². The SMILES string of the molecule is Cc1cccc(NC(=O)COC(=O)[C@@H](CC(C)C)N2C(=O)c3c(Cl)c(Cl)c(Cl)c(Cl)c3C2=O)c1C. The van der Waals surface area contributed by atoms with E-state index in [0.29, 0.717) is 5.69 Å². The van der Waals surface area contributed by atoms with Gasteiger partial charge in [-0.25, -0.2) is 4.79 Å². The highest BCUT2D eigenvalue weighted by atomic mass is 35.5. The van der Waals surface area contributed by atoms with Crippen molar-refractivity contribution in [2.24, 2.45) is 5.92 Å². The van der Waals surface area contributed by atoms with Gasteiger partial charge >= 0.3 is 5.97 Å². The van der Waals surface area contributed by atoms with E-state index in [1.807, 2.05) is 19.9 Å². The summed E-state index contributed by atoms with van der Waals surface area (Å²) in [6.07, 6.45) is 0.0829. The fourth-order valence-corrected chi connectivity index (χ4v) is 4.72. The Labute approximate surface area is 222 Å². The van der Waals surface area contributed by atoms with Crippen molar-refractivity contribution < 1.29 is 23.9 Å². The summed E-state index contributed by atoms with van der Waals surface area (Å²) < 4.78 is 5.21. The van der Waals surface area contributed by atoms with Gasteiger partial charge in [0.05, 0.1) is 31.2 Å². The lowest BCUT2D eigenvalue weighted by molar-refractivity contribution is -0.151. The van der Waals surface area contributed by atoms with Crippen molar-refractivity contribution in [2.45, 2.75) is 40.2 Å². The summed E-state index contributed by atoms with van der Waals surface area (Å²) in [4.78, 5) is 52.6. The van der Waals surface area contributed by atoms with Crippen molar-refractivity contribution in [3.8, 4) is 0 Å². The molecule has 0 bridgehead atoms. The maximum absolute atomic E-state index is 13.2. The van der Waals surface area contributed by atoms with Gasteiger partial charge in [-0.2, -0.15) is 0 Å². The van der Waals surface area contributed by atoms with E-state index in [1.54, 1.807) is 26.0 Å². The van der Waals surface area contributed by atoms with Gasteiger partial charge in [-0.3, -0.25) is 19.3 Å². The number of rotatable bonds is 7. The normalized spacial score (nSPS) is 13.8. The van der Waals surface area contributed by atoms with Gasteiger partial charge in [-0.05, 0) is 43.4 Å². The van der Waals surface area contributed by atoms with E-state index >= 15 is 0 Å². The van der Waals surface area contributed by atoms with Crippen LogP contribution in [0.4, 0.5) is 5.69 Å². The van der Waals surface area contributed by atoms with Crippen LogP contribution in [0.3, 0.4) is 0 Å². The number of hydrogen-bond donors (Lipinski definition) is 1. The summed E-state index contributed by atoms with van der Waals surface area (Å²) in [5.41, 5.74) is 1.99. The molecule has 0 aromatic heterocycles. The third kappa shape index (κ3) is 5.28. The van der Waals surface area contributed by atoms with E-state index in [4.69, 9.17) is 51.1 Å². The molecule has 7 nitrogen and oxygen atoms in total. The summed E-state index contributed by atoms with van der Waals surface area (Å²) >= 11 is 24.5. The number of esters is 1. The van der Waals surface area contributed by atoms with Crippen molar-refractivity contribution in [1.29, 1.82) is 0 Å². The number of carbonyl (C=O) groups is 4. The van der Waals surface area contributed by atoms with E-state index in [2.05, 4.69) is 5.32 Å². The van der Waals surface area contributed by atoms with Gasteiger partial charge < -0.3 is 10.1 Å². The van der Waals surface area contributed by atoms with Crippen LogP contribution in [-0.4, -0.2) is 41.2 Å². The summed E-state index contributed by atoms with van der Waals surface area (Å²) in [5, 5.41) is 1.87. The molecule has 0 saturated carbocycles. The minimum absolute atomic E-state index is 0.0829. The first kappa shape index (κ1) is 27.3. The fourth-order valence-electron chi connectivity index (χ4n) is 3.71. The topological polar surface area (TPSA) is 92.8 Å². The van der Waals surface area contributed by atoms with Crippen LogP contribution < -0.4 is 5.32 Å². The minimum Gasteiger partial charge on any atom is -0.454 e. The smallest absolute Gasteiger partial charge is 0.329 e. The number of anilines is 1. The number of nitrogens with one attached hydrogen (secondary N) is 1. The van der Waals surface area contributed by atoms with Crippen LogP contribution in [0, 0.1) is 19.8 Å². The van der Waals surface area contributed by atoms with Crippen molar-refractivity contribution >= 4 is 75.8 Å². The Morgan fingerprint density at radius 2 is 1.49 bits per heavy atom. The number of hydrogen-bond acceptors (Lipinski definition) is 5. The molecule has 0 radical (unpaired) electrons. The zero-order valence-corrected chi connectivity index (χ0v) is 22.3. The van der Waals surface area contributed by atoms with Crippen molar-refractivity contribution in [3.63, 3.8) is 0 Å². The number of imide groups is 1. The number of aryl methyl sites for hydroxylation is 1. The predicted octanol–water partition coefficient (Wildman–Crippen LogP) is 6.11. The first-order valence-electron chi connectivity index (χ1n) is 10.6. The average Bonchev–Trinajstić information content (AvgIpc) is 3.06. The number of fused-ring (bicyclic) bond motifs is 1. The first-order chi connectivity index (χ1) is 16.4. The predicted molar refractivity (Wildman–Crippen MR) is 136 cm³/mol. The molecule has 0 aliphatic carbocycles. The van der Waals surface area contributed by atoms with Crippen LogP contribution in [0.15, 0.2) is 18.2 Å². The fraction of sp³-hybridized carbons (Fsp3) is 0.333. The highest BCUT2D eigenvalue weighted by Gasteiger charge is 2.47. The van der Waals surface area contributed by atoms with Crippen LogP contribution in [0.5, 0.6) is 0 Å². The molecule has 1 N–H and O–H groups in total.